The lowest BCUT2D eigenvalue weighted by Crippen LogP contribution is -2.44. The molecule has 0 spiro atoms. The molecular weight excluding hydrogens is 1080 g/mol. The van der Waals surface area contributed by atoms with Crippen LogP contribution in [0.25, 0.3) is 0 Å². The molecule has 494 valence electrons. The summed E-state index contributed by atoms with van der Waals surface area (Å²) in [6, 6.07) is 0. The minimum atomic E-state index is -1.63. The Morgan fingerprint density at radius 3 is 0.920 bits per heavy atom. The molecule has 0 aromatic heterocycles. The van der Waals surface area contributed by atoms with Gasteiger partial charge in [0.05, 0.1) is 40.3 Å². The first kappa shape index (κ1) is 82.2. The molecule has 0 fully saturated rings. The van der Waals surface area contributed by atoms with E-state index in [4.69, 9.17) is 18.9 Å². The van der Waals surface area contributed by atoms with Crippen molar-refractivity contribution in [1.82, 2.24) is 0 Å². The highest BCUT2D eigenvalue weighted by Gasteiger charge is 2.22. The van der Waals surface area contributed by atoms with Crippen LogP contribution in [0, 0.1) is 0 Å². The molecule has 0 aromatic rings. The number of hydrogen-bond acceptors (Lipinski definition) is 8. The van der Waals surface area contributed by atoms with Gasteiger partial charge < -0.3 is 33.3 Å². The Morgan fingerprint density at radius 1 is 0.345 bits per heavy atom. The standard InChI is InChI=1S/C78H129NO8/c1-6-8-10-12-14-16-18-20-22-24-26-28-30-31-32-33-34-35-36-37-38-39-40-41-42-43-44-45-47-49-51-53-55-57-59-61-63-65-67-69-76(81)87-74(73-86-78(77(82)83)84-71-70-79(3,4)5)72-85-75(80)68-66-64-62-60-58-56-54-52-50-48-46-29-27-25-23-21-19-17-15-13-11-9-7-2/h8-11,14-17,20-23,26-29,31-32,34-35,37-38,48,50,74,78H,6-7,12-13,18-19,24-25,30,33,36,39-47,49,51-73H2,1-5H3/b10-8-,11-9-,16-14-,17-15-,22-20-,23-21-,28-26-,29-27-,32-31-,35-34-,38-37-,50-48-. The van der Waals surface area contributed by atoms with E-state index in [1.165, 1.54) is 109 Å². The highest BCUT2D eigenvalue weighted by atomic mass is 16.7. The maximum Gasteiger partial charge on any atom is 0.306 e. The summed E-state index contributed by atoms with van der Waals surface area (Å²) in [5, 5.41) is 11.8. The van der Waals surface area contributed by atoms with Gasteiger partial charge in [-0.2, -0.15) is 0 Å². The average molecular weight is 1210 g/mol. The van der Waals surface area contributed by atoms with Gasteiger partial charge in [-0.1, -0.05) is 288 Å². The minimum Gasteiger partial charge on any atom is -0.545 e. The number of esters is 2. The Balaban J connectivity index is 4.11. The van der Waals surface area contributed by atoms with E-state index >= 15 is 0 Å². The van der Waals surface area contributed by atoms with Crippen LogP contribution in [0.5, 0.6) is 0 Å². The fourth-order valence-electron chi connectivity index (χ4n) is 9.31. The van der Waals surface area contributed by atoms with E-state index in [1.807, 2.05) is 21.1 Å². The van der Waals surface area contributed by atoms with Gasteiger partial charge >= 0.3 is 11.9 Å². The molecule has 0 heterocycles. The van der Waals surface area contributed by atoms with E-state index < -0.39 is 24.3 Å². The van der Waals surface area contributed by atoms with Crippen LogP contribution in [-0.4, -0.2) is 82.3 Å². The van der Waals surface area contributed by atoms with Crippen molar-refractivity contribution in [3.05, 3.63) is 146 Å². The Bertz CT molecular complexity index is 1940. The van der Waals surface area contributed by atoms with Crippen molar-refractivity contribution in [1.29, 1.82) is 0 Å². The summed E-state index contributed by atoms with van der Waals surface area (Å²) < 4.78 is 22.8. The van der Waals surface area contributed by atoms with Gasteiger partial charge in [0.1, 0.15) is 13.2 Å². The predicted molar refractivity (Wildman–Crippen MR) is 370 cm³/mol. The van der Waals surface area contributed by atoms with E-state index in [2.05, 4.69) is 160 Å². The number of allylic oxidation sites excluding steroid dienone is 24. The van der Waals surface area contributed by atoms with Crippen molar-refractivity contribution >= 4 is 17.9 Å². The molecule has 9 nitrogen and oxygen atoms in total. The molecule has 9 heteroatoms. The number of quaternary nitrogens is 1. The van der Waals surface area contributed by atoms with Crippen LogP contribution in [0.1, 0.15) is 271 Å². The number of carboxylic acid groups (broad SMARTS) is 1. The molecule has 2 unspecified atom stereocenters. The third-order valence-electron chi connectivity index (χ3n) is 14.6. The second-order valence-electron chi connectivity index (χ2n) is 24.1. The Hall–Kier alpha value is -4.83. The molecular formula is C78H129NO8. The fraction of sp³-hybridized carbons (Fsp3) is 0.654. The van der Waals surface area contributed by atoms with Gasteiger partial charge in [0.2, 0.25) is 0 Å². The quantitative estimate of drug-likeness (QED) is 0.0195. The number of likely N-dealkylation sites (N-methyl/N-ethyl adjacent to an activating group) is 1. The summed E-state index contributed by atoms with van der Waals surface area (Å²) in [7, 11) is 5.92. The van der Waals surface area contributed by atoms with Gasteiger partial charge in [0.25, 0.3) is 0 Å². The number of rotatable bonds is 63. The molecule has 0 aliphatic carbocycles. The first-order valence-electron chi connectivity index (χ1n) is 35.0. The molecule has 2 atom stereocenters. The molecule has 0 radical (unpaired) electrons. The summed E-state index contributed by atoms with van der Waals surface area (Å²) in [4.78, 5) is 37.5. The molecule has 0 N–H and O–H groups in total. The number of unbranched alkanes of at least 4 members (excludes halogenated alkanes) is 24. The number of carbonyl (C=O) groups is 3. The number of hydrogen-bond donors (Lipinski definition) is 0. The average Bonchev–Trinajstić information content (AvgIpc) is 3.55. The Morgan fingerprint density at radius 2 is 0.621 bits per heavy atom. The van der Waals surface area contributed by atoms with Crippen LogP contribution in [-0.2, 0) is 33.3 Å². The third kappa shape index (κ3) is 68.5. The molecule has 0 saturated heterocycles. The van der Waals surface area contributed by atoms with Crippen molar-refractivity contribution in [3.8, 4) is 0 Å². The molecule has 0 aromatic carbocycles. The van der Waals surface area contributed by atoms with Gasteiger partial charge in [-0.25, -0.2) is 0 Å². The topological polar surface area (TPSA) is 111 Å². The maximum atomic E-state index is 12.9. The fourth-order valence-corrected chi connectivity index (χ4v) is 9.31. The van der Waals surface area contributed by atoms with E-state index in [1.54, 1.807) is 0 Å². The molecule has 0 saturated carbocycles. The SMILES string of the molecule is CC/C=C\C/C=C\C/C=C\C/C=C\C/C=C\C/C=C\C/C=C\CCCCCCCCCCCCCCCCCCCC(=O)OC(COC(=O)CCCCCCCCC/C=C\C/C=C\C/C=C\C/C=C\C/C=C\CC)COC(OCC[N+](C)(C)C)C(=O)[O-]. The van der Waals surface area contributed by atoms with Crippen LogP contribution >= 0.6 is 0 Å². The van der Waals surface area contributed by atoms with Crippen LogP contribution in [0.2, 0.25) is 0 Å². The lowest BCUT2D eigenvalue weighted by Gasteiger charge is -2.26. The minimum absolute atomic E-state index is 0.140. The lowest BCUT2D eigenvalue weighted by molar-refractivity contribution is -0.870. The van der Waals surface area contributed by atoms with E-state index in [9.17, 15) is 19.5 Å². The van der Waals surface area contributed by atoms with Gasteiger partial charge in [0.15, 0.2) is 12.4 Å². The Labute approximate surface area is 534 Å². The zero-order valence-electron chi connectivity index (χ0n) is 56.3. The molecule has 0 bridgehead atoms. The summed E-state index contributed by atoms with van der Waals surface area (Å²) >= 11 is 0. The first-order valence-corrected chi connectivity index (χ1v) is 35.0. The van der Waals surface area contributed by atoms with Gasteiger partial charge in [-0.3, -0.25) is 9.59 Å². The second kappa shape index (κ2) is 67.1. The first-order chi connectivity index (χ1) is 42.6. The summed E-state index contributed by atoms with van der Waals surface area (Å²) in [5.74, 6) is -2.30. The highest BCUT2D eigenvalue weighted by Crippen LogP contribution is 2.17. The van der Waals surface area contributed by atoms with Crippen LogP contribution < -0.4 is 5.11 Å². The van der Waals surface area contributed by atoms with E-state index in [0.717, 1.165) is 128 Å². The molecule has 0 aliphatic heterocycles. The third-order valence-corrected chi connectivity index (χ3v) is 14.6. The summed E-state index contributed by atoms with van der Waals surface area (Å²) in [6.07, 6.45) is 95.0. The van der Waals surface area contributed by atoms with Crippen molar-refractivity contribution in [3.63, 3.8) is 0 Å². The summed E-state index contributed by atoms with van der Waals surface area (Å²) in [5.41, 5.74) is 0. The second-order valence-corrected chi connectivity index (χ2v) is 24.1. The smallest absolute Gasteiger partial charge is 0.306 e. The molecule has 0 aliphatic rings. The van der Waals surface area contributed by atoms with E-state index in [0.29, 0.717) is 17.4 Å². The van der Waals surface area contributed by atoms with Crippen molar-refractivity contribution in [2.75, 3.05) is 47.5 Å². The van der Waals surface area contributed by atoms with Crippen molar-refractivity contribution in [2.24, 2.45) is 0 Å². The number of aliphatic carboxylic acids is 1. The number of ether oxygens (including phenoxy) is 4. The number of nitrogens with zero attached hydrogens (tertiary/aromatic N) is 1. The molecule has 0 amide bonds. The maximum absolute atomic E-state index is 12.9. The van der Waals surface area contributed by atoms with Gasteiger partial charge in [-0.05, 0) is 116 Å². The normalized spacial score (nSPS) is 13.6. The van der Waals surface area contributed by atoms with Crippen molar-refractivity contribution < 1.29 is 42.9 Å². The zero-order valence-corrected chi connectivity index (χ0v) is 56.3. The highest BCUT2D eigenvalue weighted by molar-refractivity contribution is 5.70. The largest absolute Gasteiger partial charge is 0.545 e. The monoisotopic (exact) mass is 1210 g/mol. The van der Waals surface area contributed by atoms with Crippen molar-refractivity contribution in [2.45, 2.75) is 283 Å². The molecule has 87 heavy (non-hydrogen) atoms. The summed E-state index contributed by atoms with van der Waals surface area (Å²) in [6.45, 7) is 4.51. The lowest BCUT2D eigenvalue weighted by atomic mass is 10.0. The van der Waals surface area contributed by atoms with Gasteiger partial charge in [-0.15, -0.1) is 0 Å². The van der Waals surface area contributed by atoms with E-state index in [-0.39, 0.29) is 38.6 Å². The van der Waals surface area contributed by atoms with Crippen LogP contribution in [0.3, 0.4) is 0 Å². The van der Waals surface area contributed by atoms with Crippen LogP contribution in [0.15, 0.2) is 146 Å². The Kier molecular flexibility index (Phi) is 63.4. The predicted octanol–water partition coefficient (Wildman–Crippen LogP) is 20.6. The van der Waals surface area contributed by atoms with Gasteiger partial charge in [0, 0.05) is 12.8 Å². The zero-order chi connectivity index (χ0) is 63.3. The van der Waals surface area contributed by atoms with Crippen LogP contribution in [0.4, 0.5) is 0 Å². The number of carbonyl (C=O) groups excluding carboxylic acids is 3. The number of carboxylic acids is 1. The molecule has 0 rings (SSSR count).